The molecule has 0 bridgehead atoms. The van der Waals surface area contributed by atoms with Crippen LogP contribution in [0.4, 0.5) is 0 Å². The fourth-order valence-corrected chi connectivity index (χ4v) is 3.37. The maximum absolute atomic E-state index is 6.22. The van der Waals surface area contributed by atoms with Gasteiger partial charge in [-0.1, -0.05) is 44.2 Å². The molecule has 1 aromatic heterocycles. The number of hydrogen-bond donors (Lipinski definition) is 0. The predicted octanol–water partition coefficient (Wildman–Crippen LogP) is 4.65. The van der Waals surface area contributed by atoms with E-state index in [1.807, 2.05) is 0 Å². The van der Waals surface area contributed by atoms with E-state index in [1.165, 1.54) is 12.8 Å². The van der Waals surface area contributed by atoms with Crippen LogP contribution in [0.1, 0.15) is 57.0 Å². The Kier molecular flexibility index (Phi) is 5.21. The van der Waals surface area contributed by atoms with Crippen molar-refractivity contribution >= 4 is 27.5 Å². The third-order valence-corrected chi connectivity index (χ3v) is 5.26. The zero-order chi connectivity index (χ0) is 13.9. The van der Waals surface area contributed by atoms with Gasteiger partial charge in [0.2, 0.25) is 0 Å². The highest BCUT2D eigenvalue weighted by Crippen LogP contribution is 2.38. The van der Waals surface area contributed by atoms with Gasteiger partial charge in [-0.3, -0.25) is 0 Å². The Bertz CT molecular complexity index is 445. The minimum atomic E-state index is -0.356. The van der Waals surface area contributed by atoms with Crippen LogP contribution in [0.3, 0.4) is 0 Å². The Labute approximate surface area is 128 Å². The van der Waals surface area contributed by atoms with E-state index in [4.69, 9.17) is 21.3 Å². The van der Waals surface area contributed by atoms with Crippen LogP contribution in [0.15, 0.2) is 4.47 Å². The van der Waals surface area contributed by atoms with E-state index in [1.54, 1.807) is 7.11 Å². The lowest BCUT2D eigenvalue weighted by molar-refractivity contribution is -0.0353. The Morgan fingerprint density at radius 1 is 1.21 bits per heavy atom. The van der Waals surface area contributed by atoms with Gasteiger partial charge in [-0.15, -0.1) is 0 Å². The number of hydrogen-bond acceptors (Lipinski definition) is 3. The van der Waals surface area contributed by atoms with Gasteiger partial charge >= 0.3 is 0 Å². The predicted molar refractivity (Wildman–Crippen MR) is 80.5 cm³/mol. The highest BCUT2D eigenvalue weighted by atomic mass is 79.9. The summed E-state index contributed by atoms with van der Waals surface area (Å²) in [4.78, 5) is 9.16. The largest absolute Gasteiger partial charge is 0.370 e. The van der Waals surface area contributed by atoms with E-state index < -0.39 is 0 Å². The van der Waals surface area contributed by atoms with Crippen LogP contribution in [0.25, 0.3) is 0 Å². The van der Waals surface area contributed by atoms with Gasteiger partial charge in [0.05, 0.1) is 10.2 Å². The normalized spacial score (nSPS) is 19.2. The van der Waals surface area contributed by atoms with Crippen LogP contribution in [-0.2, 0) is 16.8 Å². The van der Waals surface area contributed by atoms with Crippen LogP contribution >= 0.6 is 27.5 Å². The first kappa shape index (κ1) is 15.2. The summed E-state index contributed by atoms with van der Waals surface area (Å²) in [5.41, 5.74) is 0.598. The van der Waals surface area contributed by atoms with Crippen LogP contribution in [0, 0.1) is 0 Å². The second-order valence-corrected chi connectivity index (χ2v) is 6.22. The molecule has 1 aliphatic rings. The van der Waals surface area contributed by atoms with Crippen LogP contribution < -0.4 is 0 Å². The van der Waals surface area contributed by atoms with E-state index in [2.05, 4.69) is 27.8 Å². The van der Waals surface area contributed by atoms with Gasteiger partial charge in [0, 0.05) is 7.11 Å². The van der Waals surface area contributed by atoms with Crippen LogP contribution in [-0.4, -0.2) is 17.1 Å². The molecule has 0 atom stereocenters. The number of nitrogens with zero attached hydrogens (tertiary/aromatic N) is 2. The zero-order valence-electron chi connectivity index (χ0n) is 11.5. The van der Waals surface area contributed by atoms with Crippen molar-refractivity contribution in [2.75, 3.05) is 7.11 Å². The summed E-state index contributed by atoms with van der Waals surface area (Å²) in [5.74, 6) is 0.752. The SMILES string of the molecule is CCc1nc(C2(OC)CCCCCC2)nc(Cl)c1Br. The topological polar surface area (TPSA) is 35.0 Å². The maximum Gasteiger partial charge on any atom is 0.162 e. The molecular formula is C14H20BrClN2O. The number of aromatic nitrogens is 2. The molecule has 0 amide bonds. The Balaban J connectivity index is 2.45. The molecule has 1 fully saturated rings. The van der Waals surface area contributed by atoms with E-state index >= 15 is 0 Å². The molecule has 5 heteroatoms. The highest BCUT2D eigenvalue weighted by Gasteiger charge is 2.36. The average molecular weight is 348 g/mol. The van der Waals surface area contributed by atoms with Crippen molar-refractivity contribution in [3.63, 3.8) is 0 Å². The molecule has 0 aromatic carbocycles. The summed E-state index contributed by atoms with van der Waals surface area (Å²) in [7, 11) is 1.76. The van der Waals surface area contributed by atoms with Gasteiger partial charge < -0.3 is 4.74 Å². The van der Waals surface area contributed by atoms with Gasteiger partial charge in [0.15, 0.2) is 5.82 Å². The molecule has 0 saturated heterocycles. The first-order valence-corrected chi connectivity index (χ1v) is 8.07. The first-order chi connectivity index (χ1) is 9.13. The molecule has 19 heavy (non-hydrogen) atoms. The summed E-state index contributed by atoms with van der Waals surface area (Å²) >= 11 is 9.68. The molecule has 2 rings (SSSR count). The second-order valence-electron chi connectivity index (χ2n) is 5.06. The van der Waals surface area contributed by atoms with Crippen LogP contribution in [0.2, 0.25) is 5.15 Å². The zero-order valence-corrected chi connectivity index (χ0v) is 13.9. The summed E-state index contributed by atoms with van der Waals surface area (Å²) in [6.07, 6.45) is 7.62. The molecule has 0 spiro atoms. The highest BCUT2D eigenvalue weighted by molar-refractivity contribution is 9.10. The van der Waals surface area contributed by atoms with Crippen molar-refractivity contribution in [2.24, 2.45) is 0 Å². The second kappa shape index (κ2) is 6.51. The standard InChI is InChI=1S/C14H20BrClN2O/c1-3-10-11(15)12(16)18-13(17-10)14(19-2)8-6-4-5-7-9-14/h3-9H2,1-2H3. The van der Waals surface area contributed by atoms with E-state index in [9.17, 15) is 0 Å². The van der Waals surface area contributed by atoms with Gasteiger partial charge in [-0.25, -0.2) is 9.97 Å². The number of ether oxygens (including phenoxy) is 1. The first-order valence-electron chi connectivity index (χ1n) is 6.90. The smallest absolute Gasteiger partial charge is 0.162 e. The molecule has 1 aliphatic carbocycles. The molecule has 1 saturated carbocycles. The third-order valence-electron chi connectivity index (χ3n) is 3.92. The van der Waals surface area contributed by atoms with Crippen LogP contribution in [0.5, 0.6) is 0 Å². The number of aryl methyl sites for hydroxylation is 1. The van der Waals surface area contributed by atoms with Crippen molar-refractivity contribution in [3.8, 4) is 0 Å². The number of halogens is 2. The molecular weight excluding hydrogens is 328 g/mol. The summed E-state index contributed by atoms with van der Waals surface area (Å²) in [5, 5.41) is 0.488. The van der Waals surface area contributed by atoms with Crippen molar-refractivity contribution in [1.82, 2.24) is 9.97 Å². The number of rotatable bonds is 3. The summed E-state index contributed by atoms with van der Waals surface area (Å²) < 4.78 is 6.65. The van der Waals surface area contributed by atoms with Gasteiger partial charge in [0.25, 0.3) is 0 Å². The van der Waals surface area contributed by atoms with Crippen molar-refractivity contribution in [3.05, 3.63) is 21.1 Å². The summed E-state index contributed by atoms with van der Waals surface area (Å²) in [6.45, 7) is 2.07. The van der Waals surface area contributed by atoms with Gasteiger partial charge in [-0.2, -0.15) is 0 Å². The maximum atomic E-state index is 6.22. The quantitative estimate of drug-likeness (QED) is 0.589. The lowest BCUT2D eigenvalue weighted by Gasteiger charge is -2.30. The fraction of sp³-hybridized carbons (Fsp3) is 0.714. The molecule has 0 aliphatic heterocycles. The third kappa shape index (κ3) is 3.11. The molecule has 3 nitrogen and oxygen atoms in total. The minimum absolute atomic E-state index is 0.356. The summed E-state index contributed by atoms with van der Waals surface area (Å²) in [6, 6.07) is 0. The fourth-order valence-electron chi connectivity index (χ4n) is 2.72. The molecule has 0 N–H and O–H groups in total. The van der Waals surface area contributed by atoms with Gasteiger partial charge in [0.1, 0.15) is 10.8 Å². The molecule has 106 valence electrons. The minimum Gasteiger partial charge on any atom is -0.370 e. The Morgan fingerprint density at radius 3 is 2.37 bits per heavy atom. The lowest BCUT2D eigenvalue weighted by atomic mass is 9.93. The number of methoxy groups -OCH3 is 1. The van der Waals surface area contributed by atoms with Crippen molar-refractivity contribution in [2.45, 2.75) is 57.5 Å². The lowest BCUT2D eigenvalue weighted by Crippen LogP contribution is -2.31. The monoisotopic (exact) mass is 346 g/mol. The van der Waals surface area contributed by atoms with E-state index in [0.29, 0.717) is 5.15 Å². The average Bonchev–Trinajstić information content (AvgIpc) is 2.68. The molecule has 1 heterocycles. The molecule has 0 unspecified atom stereocenters. The van der Waals surface area contributed by atoms with E-state index in [-0.39, 0.29) is 5.60 Å². The van der Waals surface area contributed by atoms with Crippen molar-refractivity contribution in [1.29, 1.82) is 0 Å². The Morgan fingerprint density at radius 2 is 1.84 bits per heavy atom. The molecule has 1 aromatic rings. The molecule has 0 radical (unpaired) electrons. The van der Waals surface area contributed by atoms with Crippen molar-refractivity contribution < 1.29 is 4.74 Å². The Hall–Kier alpha value is -0.190. The van der Waals surface area contributed by atoms with E-state index in [0.717, 1.165) is 48.1 Å². The van der Waals surface area contributed by atoms with Gasteiger partial charge in [-0.05, 0) is 35.2 Å².